The van der Waals surface area contributed by atoms with E-state index in [0.717, 1.165) is 38.1 Å². The van der Waals surface area contributed by atoms with Gasteiger partial charge < -0.3 is 74.4 Å². The summed E-state index contributed by atoms with van der Waals surface area (Å²) in [5, 5.41) is 93.8. The lowest BCUT2D eigenvalue weighted by Gasteiger charge is -2.40. The van der Waals surface area contributed by atoms with Gasteiger partial charge in [0.2, 0.25) is 18.3 Å². The summed E-state index contributed by atoms with van der Waals surface area (Å²) in [6.07, 6.45) is -16.9. The molecule has 2 fully saturated rings. The van der Waals surface area contributed by atoms with Crippen molar-refractivity contribution in [3.05, 3.63) is 36.4 Å². The first kappa shape index (κ1) is 35.8. The SMILES string of the molecule is CC(=O)OC[C@H]1O[C@@H](Oc2cc3c(O[C@@H]4O[C@H](COC(C)=O)[C@@H](O)[C@H](O)[C@H]4O)cc(O)cc3[o+]c2-c2ccc(O)c(O)c2)[C@H](O)[C@@H](O)[C@@H]1O. The van der Waals surface area contributed by atoms with E-state index in [1.165, 1.54) is 12.1 Å². The van der Waals surface area contributed by atoms with Crippen LogP contribution in [0.4, 0.5) is 0 Å². The number of aliphatic hydroxyl groups is 6. The van der Waals surface area contributed by atoms with Crippen LogP contribution in [0, 0.1) is 0 Å². The number of carbonyl (C=O) groups is 2. The molecule has 0 radical (unpaired) electrons. The zero-order chi connectivity index (χ0) is 35.7. The maximum Gasteiger partial charge on any atom is 0.402 e. The Morgan fingerprint density at radius 2 is 1.20 bits per heavy atom. The number of fused-ring (bicyclic) bond motifs is 1. The minimum absolute atomic E-state index is 0.00911. The van der Waals surface area contributed by atoms with Crippen molar-refractivity contribution in [3.63, 3.8) is 0 Å². The molecule has 2 saturated heterocycles. The van der Waals surface area contributed by atoms with Crippen LogP contribution >= 0.6 is 0 Å². The minimum Gasteiger partial charge on any atom is -0.507 e. The lowest BCUT2D eigenvalue weighted by molar-refractivity contribution is -0.278. The van der Waals surface area contributed by atoms with Gasteiger partial charge in [-0.05, 0) is 12.1 Å². The first-order valence-electron chi connectivity index (χ1n) is 14.8. The normalized spacial score (nSPS) is 30.0. The van der Waals surface area contributed by atoms with Crippen LogP contribution in [0.1, 0.15) is 13.8 Å². The van der Waals surface area contributed by atoms with E-state index < -0.39 is 104 Å². The molecule has 0 aliphatic carbocycles. The molecule has 9 N–H and O–H groups in total. The predicted molar refractivity (Wildman–Crippen MR) is 159 cm³/mol. The lowest BCUT2D eigenvalue weighted by Crippen LogP contribution is -2.60. The Hall–Kier alpha value is -4.53. The van der Waals surface area contributed by atoms with Gasteiger partial charge >= 0.3 is 23.3 Å². The Morgan fingerprint density at radius 1 is 0.673 bits per heavy atom. The van der Waals surface area contributed by atoms with E-state index in [-0.39, 0.29) is 33.8 Å². The first-order valence-corrected chi connectivity index (χ1v) is 14.8. The Kier molecular flexibility index (Phi) is 10.6. The number of aromatic hydroxyl groups is 3. The number of phenolic OH excluding ortho intramolecular Hbond substituents is 3. The van der Waals surface area contributed by atoms with Gasteiger partial charge in [0, 0.05) is 32.0 Å². The molecule has 18 heteroatoms. The van der Waals surface area contributed by atoms with Gasteiger partial charge in [-0.15, -0.1) is 0 Å². The van der Waals surface area contributed by atoms with E-state index in [0.29, 0.717) is 0 Å². The summed E-state index contributed by atoms with van der Waals surface area (Å²) in [5.74, 6) is -3.54. The van der Waals surface area contributed by atoms with E-state index in [1.807, 2.05) is 0 Å². The number of hydrogen-bond acceptors (Lipinski definition) is 17. The summed E-state index contributed by atoms with van der Waals surface area (Å²) in [7, 11) is 0. The molecular weight excluding hydrogens is 660 g/mol. The molecule has 266 valence electrons. The lowest BCUT2D eigenvalue weighted by atomic mass is 9.99. The maximum atomic E-state index is 11.4. The summed E-state index contributed by atoms with van der Waals surface area (Å²) in [4.78, 5) is 22.7. The number of rotatable bonds is 9. The largest absolute Gasteiger partial charge is 0.507 e. The predicted octanol–water partition coefficient (Wildman–Crippen LogP) is -1.00. The van der Waals surface area contributed by atoms with Crippen molar-refractivity contribution in [1.29, 1.82) is 0 Å². The van der Waals surface area contributed by atoms with Gasteiger partial charge in [0.25, 0.3) is 0 Å². The highest BCUT2D eigenvalue weighted by Crippen LogP contribution is 2.43. The van der Waals surface area contributed by atoms with E-state index in [1.54, 1.807) is 0 Å². The van der Waals surface area contributed by atoms with Gasteiger partial charge in [-0.1, -0.05) is 0 Å². The molecule has 0 amide bonds. The second-order valence-electron chi connectivity index (χ2n) is 11.4. The number of aliphatic hydroxyl groups excluding tert-OH is 6. The molecule has 18 nitrogen and oxygen atoms in total. The Morgan fingerprint density at radius 3 is 1.71 bits per heavy atom. The highest BCUT2D eigenvalue weighted by Gasteiger charge is 2.47. The van der Waals surface area contributed by atoms with Crippen molar-refractivity contribution < 1.29 is 88.4 Å². The Balaban J connectivity index is 1.56. The molecule has 2 aliphatic rings. The number of benzene rings is 2. The smallest absolute Gasteiger partial charge is 0.402 e. The quantitative estimate of drug-likeness (QED) is 0.0737. The fraction of sp³-hybridized carbons (Fsp3) is 0.452. The van der Waals surface area contributed by atoms with Gasteiger partial charge in [0.05, 0.1) is 11.6 Å². The highest BCUT2D eigenvalue weighted by molar-refractivity contribution is 5.89. The molecule has 3 heterocycles. The second-order valence-corrected chi connectivity index (χ2v) is 11.4. The minimum atomic E-state index is -1.87. The zero-order valence-electron chi connectivity index (χ0n) is 25.9. The summed E-state index contributed by atoms with van der Waals surface area (Å²) < 4.78 is 38.8. The highest BCUT2D eigenvalue weighted by atomic mass is 16.7. The zero-order valence-corrected chi connectivity index (χ0v) is 25.9. The second kappa shape index (κ2) is 14.5. The third-order valence-corrected chi connectivity index (χ3v) is 7.76. The van der Waals surface area contributed by atoms with Gasteiger partial charge in [-0.3, -0.25) is 9.59 Å². The number of phenols is 3. The van der Waals surface area contributed by atoms with Crippen LogP contribution < -0.4 is 9.47 Å². The summed E-state index contributed by atoms with van der Waals surface area (Å²) in [6, 6.07) is 7.09. The third-order valence-electron chi connectivity index (χ3n) is 7.76. The fourth-order valence-electron chi connectivity index (χ4n) is 5.17. The fourth-order valence-corrected chi connectivity index (χ4v) is 5.17. The topological polar surface area (TPSA) is 283 Å². The average molecular weight is 696 g/mol. The molecular formula is C31H35O18+. The molecule has 10 atom stereocenters. The molecule has 2 aromatic carbocycles. The summed E-state index contributed by atoms with van der Waals surface area (Å²) in [6.45, 7) is 1.22. The molecule has 2 aliphatic heterocycles. The van der Waals surface area contributed by atoms with E-state index >= 15 is 0 Å². The van der Waals surface area contributed by atoms with E-state index in [4.69, 9.17) is 32.8 Å². The van der Waals surface area contributed by atoms with Crippen LogP contribution in [0.5, 0.6) is 28.7 Å². The first-order chi connectivity index (χ1) is 23.1. The number of hydrogen-bond donors (Lipinski definition) is 9. The molecule has 0 bridgehead atoms. The van der Waals surface area contributed by atoms with Crippen LogP contribution in [-0.4, -0.2) is 133 Å². The van der Waals surface area contributed by atoms with E-state index in [2.05, 4.69) is 0 Å². The van der Waals surface area contributed by atoms with Crippen molar-refractivity contribution in [2.24, 2.45) is 0 Å². The van der Waals surface area contributed by atoms with Crippen LogP contribution in [0.15, 0.2) is 40.8 Å². The Bertz CT molecular complexity index is 1680. The van der Waals surface area contributed by atoms with Crippen LogP contribution in [0.2, 0.25) is 0 Å². The van der Waals surface area contributed by atoms with Crippen LogP contribution in [-0.2, 0) is 28.5 Å². The number of carbonyl (C=O) groups excluding carboxylic acids is 2. The summed E-state index contributed by atoms with van der Waals surface area (Å²) in [5.41, 5.74) is -0.00243. The van der Waals surface area contributed by atoms with E-state index in [9.17, 15) is 55.5 Å². The molecule has 1 aromatic heterocycles. The van der Waals surface area contributed by atoms with Gasteiger partial charge in [0.15, 0.2) is 11.5 Å². The van der Waals surface area contributed by atoms with Crippen molar-refractivity contribution in [3.8, 4) is 40.1 Å². The standard InChI is InChI=1S/C31H34O18/c1-11(32)43-9-21-23(37)25(39)27(41)30(48-21)46-19-7-14(34)6-18-15(19)8-20(29(45-18)13-3-4-16(35)17(36)5-13)47-31-28(42)26(40)24(38)22(49-31)10-44-12(2)33/h3-8,21-28,30-31,37-42H,9-10H2,1-2H3,(H2-,34,35,36)/p+1/t21-,22-,23-,24-,25+,26+,27-,28-,30-,31-/m1/s1. The average Bonchev–Trinajstić information content (AvgIpc) is 3.05. The van der Waals surface area contributed by atoms with Crippen molar-refractivity contribution in [1.82, 2.24) is 0 Å². The summed E-state index contributed by atoms with van der Waals surface area (Å²) >= 11 is 0. The monoisotopic (exact) mass is 695 g/mol. The number of esters is 2. The van der Waals surface area contributed by atoms with Crippen LogP contribution in [0.3, 0.4) is 0 Å². The number of ether oxygens (including phenoxy) is 6. The molecule has 0 saturated carbocycles. The molecule has 49 heavy (non-hydrogen) atoms. The van der Waals surface area contributed by atoms with Gasteiger partial charge in [-0.25, -0.2) is 4.42 Å². The molecule has 0 spiro atoms. The van der Waals surface area contributed by atoms with Crippen molar-refractivity contribution >= 4 is 22.9 Å². The maximum absolute atomic E-state index is 11.4. The van der Waals surface area contributed by atoms with Crippen molar-refractivity contribution in [2.75, 3.05) is 13.2 Å². The van der Waals surface area contributed by atoms with Gasteiger partial charge in [-0.2, -0.15) is 0 Å². The van der Waals surface area contributed by atoms with Crippen molar-refractivity contribution in [2.45, 2.75) is 75.3 Å². The molecule has 3 aromatic rings. The Labute approximate surface area is 276 Å². The molecule has 0 unspecified atom stereocenters. The third kappa shape index (κ3) is 7.71. The van der Waals surface area contributed by atoms with Crippen LogP contribution in [0.25, 0.3) is 22.3 Å². The van der Waals surface area contributed by atoms with Gasteiger partial charge in [0.1, 0.15) is 78.9 Å². The molecule has 5 rings (SSSR count).